The van der Waals surface area contributed by atoms with E-state index >= 15 is 0 Å². The average Bonchev–Trinajstić information content (AvgIpc) is 2.79. The highest BCUT2D eigenvalue weighted by Crippen LogP contribution is 2.26. The van der Waals surface area contributed by atoms with Crippen molar-refractivity contribution in [3.63, 3.8) is 0 Å². The molecular weight excluding hydrogens is 328 g/mol. The van der Waals surface area contributed by atoms with Crippen LogP contribution in [0.25, 0.3) is 0 Å². The van der Waals surface area contributed by atoms with Crippen LogP contribution in [0.4, 0.5) is 0 Å². The minimum atomic E-state index is 0.635. The van der Waals surface area contributed by atoms with Crippen molar-refractivity contribution >= 4 is 31.9 Å². The van der Waals surface area contributed by atoms with Gasteiger partial charge in [-0.15, -0.1) is 0 Å². The Morgan fingerprint density at radius 1 is 1.40 bits per heavy atom. The van der Waals surface area contributed by atoms with E-state index in [1.807, 2.05) is 6.07 Å². The summed E-state index contributed by atoms with van der Waals surface area (Å²) in [6, 6.07) is 1.91. The highest BCUT2D eigenvalue weighted by Gasteiger charge is 2.05. The second kappa shape index (κ2) is 4.91. The minimum absolute atomic E-state index is 0.635. The second-order valence-corrected chi connectivity index (χ2v) is 4.44. The number of aromatic amines is 1. The zero-order valence-electron chi connectivity index (χ0n) is 7.63. The molecule has 2 N–H and O–H groups in total. The van der Waals surface area contributed by atoms with Gasteiger partial charge in [-0.1, -0.05) is 0 Å². The van der Waals surface area contributed by atoms with Gasteiger partial charge in [-0.05, 0) is 37.9 Å². The smallest absolute Gasteiger partial charge is 0.183 e. The van der Waals surface area contributed by atoms with Crippen LogP contribution in [-0.4, -0.2) is 15.2 Å². The number of rotatable bonds is 4. The Morgan fingerprint density at radius 2 is 2.27 bits per heavy atom. The van der Waals surface area contributed by atoms with Crippen LogP contribution in [0.1, 0.15) is 11.6 Å². The summed E-state index contributed by atoms with van der Waals surface area (Å²) in [5.41, 5.74) is 0. The first-order chi connectivity index (χ1) is 7.25. The van der Waals surface area contributed by atoms with Crippen LogP contribution in [0.5, 0.6) is 0 Å². The highest BCUT2D eigenvalue weighted by atomic mass is 79.9. The van der Waals surface area contributed by atoms with Crippen LogP contribution >= 0.6 is 31.9 Å². The summed E-state index contributed by atoms with van der Waals surface area (Å²) in [4.78, 5) is 3.99. The molecular formula is C8H8Br2N4O. The molecule has 15 heavy (non-hydrogen) atoms. The third-order valence-corrected chi connectivity index (χ3v) is 3.46. The normalized spacial score (nSPS) is 10.8. The van der Waals surface area contributed by atoms with E-state index in [-0.39, 0.29) is 0 Å². The number of furan rings is 1. The van der Waals surface area contributed by atoms with Crippen LogP contribution in [0.3, 0.4) is 0 Å². The van der Waals surface area contributed by atoms with E-state index in [1.54, 1.807) is 0 Å². The fraction of sp³-hybridized carbons (Fsp3) is 0.250. The summed E-state index contributed by atoms with van der Waals surface area (Å²) in [6.07, 6.45) is 1.48. The molecule has 0 spiro atoms. The van der Waals surface area contributed by atoms with Crippen LogP contribution in [-0.2, 0) is 13.1 Å². The predicted octanol–water partition coefficient (Wildman–Crippen LogP) is 2.21. The van der Waals surface area contributed by atoms with E-state index in [4.69, 9.17) is 4.42 Å². The van der Waals surface area contributed by atoms with Gasteiger partial charge in [0.15, 0.2) is 4.67 Å². The van der Waals surface area contributed by atoms with Crippen molar-refractivity contribution in [3.05, 3.63) is 33.1 Å². The minimum Gasteiger partial charge on any atom is -0.452 e. The molecule has 2 rings (SSSR count). The van der Waals surface area contributed by atoms with Crippen molar-refractivity contribution in [3.8, 4) is 0 Å². The Balaban J connectivity index is 1.83. The molecule has 0 aliphatic heterocycles. The van der Waals surface area contributed by atoms with E-state index in [9.17, 15) is 0 Å². The molecule has 0 radical (unpaired) electrons. The third-order valence-electron chi connectivity index (χ3n) is 1.75. The molecule has 0 fully saturated rings. The van der Waals surface area contributed by atoms with E-state index in [0.29, 0.717) is 17.8 Å². The van der Waals surface area contributed by atoms with Gasteiger partial charge in [0.2, 0.25) is 0 Å². The first-order valence-electron chi connectivity index (χ1n) is 4.24. The molecule has 80 valence electrons. The van der Waals surface area contributed by atoms with Gasteiger partial charge in [0.05, 0.1) is 17.6 Å². The zero-order valence-corrected chi connectivity index (χ0v) is 10.8. The zero-order chi connectivity index (χ0) is 10.7. The maximum atomic E-state index is 5.39. The predicted molar refractivity (Wildman–Crippen MR) is 61.0 cm³/mol. The maximum Gasteiger partial charge on any atom is 0.183 e. The van der Waals surface area contributed by atoms with Crippen molar-refractivity contribution in [1.29, 1.82) is 0 Å². The lowest BCUT2D eigenvalue weighted by Crippen LogP contribution is -2.13. The summed E-state index contributed by atoms with van der Waals surface area (Å²) < 4.78 is 7.02. The van der Waals surface area contributed by atoms with Gasteiger partial charge >= 0.3 is 0 Å². The standard InChI is InChI=1S/C8H8Br2N4O/c9-6-1-5(15-8(6)10)2-11-3-7-12-4-13-14-7/h1,4,11H,2-3H2,(H,12,13,14). The third kappa shape index (κ3) is 2.90. The largest absolute Gasteiger partial charge is 0.452 e. The Kier molecular flexibility index (Phi) is 3.55. The summed E-state index contributed by atoms with van der Waals surface area (Å²) in [5, 5.41) is 9.69. The van der Waals surface area contributed by atoms with Crippen LogP contribution < -0.4 is 5.32 Å². The van der Waals surface area contributed by atoms with Crippen LogP contribution in [0.15, 0.2) is 26.0 Å². The Hall–Kier alpha value is -0.660. The molecule has 7 heteroatoms. The first-order valence-corrected chi connectivity index (χ1v) is 5.83. The molecule has 0 aliphatic carbocycles. The molecule has 2 aromatic heterocycles. The maximum absolute atomic E-state index is 5.39. The summed E-state index contributed by atoms with van der Waals surface area (Å²) in [5.74, 6) is 1.66. The summed E-state index contributed by atoms with van der Waals surface area (Å²) >= 11 is 6.63. The van der Waals surface area contributed by atoms with E-state index < -0.39 is 0 Å². The molecule has 0 saturated carbocycles. The number of halogens is 2. The number of aromatic nitrogens is 3. The Morgan fingerprint density at radius 3 is 2.87 bits per heavy atom. The molecule has 0 aromatic carbocycles. The fourth-order valence-electron chi connectivity index (χ4n) is 1.10. The number of nitrogens with zero attached hydrogens (tertiary/aromatic N) is 2. The lowest BCUT2D eigenvalue weighted by Gasteiger charge is -1.98. The van der Waals surface area contributed by atoms with Gasteiger partial charge in [0.25, 0.3) is 0 Å². The topological polar surface area (TPSA) is 66.7 Å². The molecule has 0 saturated heterocycles. The fourth-order valence-corrected chi connectivity index (χ4v) is 1.76. The number of hydrogen-bond donors (Lipinski definition) is 2. The van der Waals surface area contributed by atoms with Gasteiger partial charge in [0.1, 0.15) is 17.9 Å². The number of hydrogen-bond acceptors (Lipinski definition) is 4. The van der Waals surface area contributed by atoms with E-state index in [2.05, 4.69) is 52.4 Å². The summed E-state index contributed by atoms with van der Waals surface area (Å²) in [6.45, 7) is 1.28. The van der Waals surface area contributed by atoms with Gasteiger partial charge in [-0.2, -0.15) is 5.10 Å². The SMILES string of the molecule is Brc1cc(CNCc2ncn[nH]2)oc1Br. The molecule has 0 aliphatic rings. The van der Waals surface area contributed by atoms with E-state index in [0.717, 1.165) is 16.1 Å². The van der Waals surface area contributed by atoms with Gasteiger partial charge in [0, 0.05) is 0 Å². The van der Waals surface area contributed by atoms with E-state index in [1.165, 1.54) is 6.33 Å². The molecule has 2 heterocycles. The summed E-state index contributed by atoms with van der Waals surface area (Å²) in [7, 11) is 0. The Labute approximate surface area is 103 Å². The average molecular weight is 336 g/mol. The molecule has 0 amide bonds. The highest BCUT2D eigenvalue weighted by molar-refractivity contribution is 9.13. The molecule has 0 bridgehead atoms. The number of H-pyrrole nitrogens is 1. The second-order valence-electron chi connectivity index (χ2n) is 2.87. The molecule has 0 atom stereocenters. The van der Waals surface area contributed by atoms with Crippen LogP contribution in [0, 0.1) is 0 Å². The molecule has 5 nitrogen and oxygen atoms in total. The van der Waals surface area contributed by atoms with Crippen molar-refractivity contribution in [2.24, 2.45) is 0 Å². The molecule has 2 aromatic rings. The van der Waals surface area contributed by atoms with Crippen molar-refractivity contribution in [2.45, 2.75) is 13.1 Å². The van der Waals surface area contributed by atoms with Crippen molar-refractivity contribution < 1.29 is 4.42 Å². The Bertz CT molecular complexity index is 406. The monoisotopic (exact) mass is 334 g/mol. The number of nitrogens with one attached hydrogen (secondary N) is 2. The van der Waals surface area contributed by atoms with Gasteiger partial charge in [-0.25, -0.2) is 4.98 Å². The van der Waals surface area contributed by atoms with Crippen molar-refractivity contribution in [2.75, 3.05) is 0 Å². The first kappa shape index (κ1) is 10.8. The van der Waals surface area contributed by atoms with Crippen molar-refractivity contribution in [1.82, 2.24) is 20.5 Å². The lowest BCUT2D eigenvalue weighted by atomic mass is 10.4. The van der Waals surface area contributed by atoms with Gasteiger partial charge < -0.3 is 9.73 Å². The van der Waals surface area contributed by atoms with Gasteiger partial charge in [-0.3, -0.25) is 5.10 Å². The van der Waals surface area contributed by atoms with Crippen LogP contribution in [0.2, 0.25) is 0 Å². The quantitative estimate of drug-likeness (QED) is 0.899. The molecule has 0 unspecified atom stereocenters. The lowest BCUT2D eigenvalue weighted by molar-refractivity contribution is 0.462.